The Balaban J connectivity index is 1.37. The Morgan fingerprint density at radius 1 is 1.28 bits per heavy atom. The van der Waals surface area contributed by atoms with E-state index in [1.165, 1.54) is 35.7 Å². The van der Waals surface area contributed by atoms with Gasteiger partial charge in [-0.05, 0) is 29.5 Å². The van der Waals surface area contributed by atoms with Gasteiger partial charge in [-0.25, -0.2) is 0 Å². The number of nitrogens with two attached hydrogens (primary N) is 1. The molecule has 2 amide bonds. The number of non-ortho nitro benzene ring substituents is 1. The Morgan fingerprint density at radius 3 is 2.61 bits per heavy atom. The van der Waals surface area contributed by atoms with Gasteiger partial charge in [0.15, 0.2) is 0 Å². The van der Waals surface area contributed by atoms with E-state index in [1.54, 1.807) is 41.3 Å². The summed E-state index contributed by atoms with van der Waals surface area (Å²) in [5, 5.41) is 13.3. The third kappa shape index (κ3) is 5.20. The quantitative estimate of drug-likeness (QED) is 0.215. The number of nitrogens with one attached hydrogen (secondary N) is 1. The van der Waals surface area contributed by atoms with Crippen molar-refractivity contribution in [2.75, 3.05) is 24.3 Å². The van der Waals surface area contributed by atoms with Crippen molar-refractivity contribution in [1.82, 2.24) is 10.2 Å². The fraction of sp³-hybridized carbons (Fsp3) is 0.375. The van der Waals surface area contributed by atoms with Gasteiger partial charge in [0, 0.05) is 30.2 Å². The molecule has 4 atom stereocenters. The summed E-state index contributed by atoms with van der Waals surface area (Å²) in [6.07, 6.45) is 1.88. The van der Waals surface area contributed by atoms with Gasteiger partial charge in [0.1, 0.15) is 29.5 Å². The molecular weight excluding hydrogens is 504 g/mol. The molecule has 12 heteroatoms. The van der Waals surface area contributed by atoms with Crippen LogP contribution in [0.3, 0.4) is 0 Å². The number of nitro groups is 1. The first-order valence-corrected chi connectivity index (χ1v) is 13.6. The number of hydrogen-bond donors (Lipinski definition) is 2. The average molecular weight is 531 g/mol. The lowest BCUT2D eigenvalue weighted by molar-refractivity contribution is -0.384. The summed E-state index contributed by atoms with van der Waals surface area (Å²) in [4.78, 5) is 50.7. The van der Waals surface area contributed by atoms with Gasteiger partial charge in [0.25, 0.3) is 5.69 Å². The van der Waals surface area contributed by atoms with E-state index in [0.29, 0.717) is 22.6 Å². The standard InChI is InChI=1S/C24H26N4O6S2/c1-35-13-24(23(31)34-11-15-7-9-17(10-8-15)28(32)33)12-27-21(30)19(22(27)36-14-24)26-20(29)18(25)16-5-3-2-4-6-16/h2-10,18-19,22H,11-14,25H2,1H3,(H,26,29)/t18?,19?,22-,24?/m1/s1. The summed E-state index contributed by atoms with van der Waals surface area (Å²) in [6, 6.07) is 13.2. The Labute approximate surface area is 216 Å². The van der Waals surface area contributed by atoms with E-state index in [-0.39, 0.29) is 30.1 Å². The molecule has 0 spiro atoms. The maximum atomic E-state index is 13.2. The number of carbonyl (C=O) groups excluding carboxylic acids is 3. The van der Waals surface area contributed by atoms with Crippen molar-refractivity contribution < 1.29 is 24.0 Å². The fourth-order valence-electron chi connectivity index (χ4n) is 4.24. The Hall–Kier alpha value is -3.09. The summed E-state index contributed by atoms with van der Waals surface area (Å²) in [6.45, 7) is 0.172. The van der Waals surface area contributed by atoms with Gasteiger partial charge in [-0.1, -0.05) is 30.3 Å². The summed E-state index contributed by atoms with van der Waals surface area (Å²) in [5.74, 6) is -0.213. The highest BCUT2D eigenvalue weighted by molar-refractivity contribution is 8.00. The highest BCUT2D eigenvalue weighted by Crippen LogP contribution is 2.44. The number of ether oxygens (including phenoxy) is 1. The van der Waals surface area contributed by atoms with Gasteiger partial charge in [-0.3, -0.25) is 24.5 Å². The molecule has 0 aromatic heterocycles. The van der Waals surface area contributed by atoms with Crippen LogP contribution in [0.25, 0.3) is 0 Å². The van der Waals surface area contributed by atoms with Gasteiger partial charge in [0.2, 0.25) is 11.8 Å². The zero-order valence-corrected chi connectivity index (χ0v) is 21.1. The van der Waals surface area contributed by atoms with Crippen LogP contribution < -0.4 is 11.1 Å². The molecule has 36 heavy (non-hydrogen) atoms. The van der Waals surface area contributed by atoms with Crippen LogP contribution in [0.15, 0.2) is 54.6 Å². The molecule has 3 N–H and O–H groups in total. The van der Waals surface area contributed by atoms with Crippen LogP contribution in [0.2, 0.25) is 0 Å². The predicted octanol–water partition coefficient (Wildman–Crippen LogP) is 2.09. The Kier molecular flexibility index (Phi) is 7.86. The number of amides is 2. The molecule has 3 unspecified atom stereocenters. The first kappa shape index (κ1) is 26.0. The normalized spacial score (nSPS) is 23.7. The Bertz CT molecular complexity index is 1150. The lowest BCUT2D eigenvalue weighted by Crippen LogP contribution is -2.74. The van der Waals surface area contributed by atoms with Crippen molar-refractivity contribution >= 4 is 47.0 Å². The van der Waals surface area contributed by atoms with Crippen molar-refractivity contribution in [3.8, 4) is 0 Å². The monoisotopic (exact) mass is 530 g/mol. The molecule has 0 bridgehead atoms. The van der Waals surface area contributed by atoms with E-state index in [9.17, 15) is 24.5 Å². The maximum Gasteiger partial charge on any atom is 0.315 e. The van der Waals surface area contributed by atoms with Crippen molar-refractivity contribution in [3.05, 3.63) is 75.8 Å². The lowest BCUT2D eigenvalue weighted by atomic mass is 9.89. The first-order chi connectivity index (χ1) is 17.3. The topological polar surface area (TPSA) is 145 Å². The number of fused-ring (bicyclic) bond motifs is 1. The zero-order chi connectivity index (χ0) is 25.9. The molecule has 0 aliphatic carbocycles. The molecule has 2 saturated heterocycles. The summed E-state index contributed by atoms with van der Waals surface area (Å²) in [5.41, 5.74) is 6.42. The molecular formula is C24H26N4O6S2. The van der Waals surface area contributed by atoms with Gasteiger partial charge < -0.3 is 20.7 Å². The van der Waals surface area contributed by atoms with E-state index < -0.39 is 34.3 Å². The average Bonchev–Trinajstić information content (AvgIpc) is 2.90. The molecule has 0 radical (unpaired) electrons. The second kappa shape index (κ2) is 10.9. The minimum absolute atomic E-state index is 0.0228. The predicted molar refractivity (Wildman–Crippen MR) is 137 cm³/mol. The van der Waals surface area contributed by atoms with Crippen LogP contribution in [0, 0.1) is 15.5 Å². The number of benzene rings is 2. The molecule has 2 fully saturated rings. The van der Waals surface area contributed by atoms with Crippen LogP contribution in [0.5, 0.6) is 0 Å². The molecule has 2 heterocycles. The maximum absolute atomic E-state index is 13.2. The van der Waals surface area contributed by atoms with Crippen molar-refractivity contribution in [2.45, 2.75) is 24.1 Å². The van der Waals surface area contributed by atoms with E-state index in [1.807, 2.05) is 12.3 Å². The largest absolute Gasteiger partial charge is 0.460 e. The van der Waals surface area contributed by atoms with Crippen molar-refractivity contribution in [1.29, 1.82) is 0 Å². The number of β-lactam (4-membered cyclic amide) rings is 1. The van der Waals surface area contributed by atoms with Crippen LogP contribution >= 0.6 is 23.5 Å². The highest BCUT2D eigenvalue weighted by Gasteiger charge is 2.57. The molecule has 4 rings (SSSR count). The summed E-state index contributed by atoms with van der Waals surface area (Å²) < 4.78 is 5.58. The highest BCUT2D eigenvalue weighted by atomic mass is 32.2. The fourth-order valence-corrected chi connectivity index (χ4v) is 6.77. The number of esters is 1. The van der Waals surface area contributed by atoms with E-state index >= 15 is 0 Å². The van der Waals surface area contributed by atoms with Crippen molar-refractivity contribution in [3.63, 3.8) is 0 Å². The number of hydrogen-bond acceptors (Lipinski definition) is 9. The van der Waals surface area contributed by atoms with E-state index in [4.69, 9.17) is 10.5 Å². The molecule has 2 aliphatic heterocycles. The third-order valence-corrected chi connectivity index (χ3v) is 8.68. The third-order valence-electron chi connectivity index (χ3n) is 6.25. The second-order valence-electron chi connectivity index (χ2n) is 8.76. The minimum Gasteiger partial charge on any atom is -0.460 e. The van der Waals surface area contributed by atoms with E-state index in [0.717, 1.165) is 0 Å². The molecule has 2 aromatic rings. The molecule has 2 aromatic carbocycles. The van der Waals surface area contributed by atoms with Crippen LogP contribution in [-0.4, -0.2) is 63.3 Å². The lowest BCUT2D eigenvalue weighted by Gasteiger charge is -2.54. The number of rotatable bonds is 9. The second-order valence-corrected chi connectivity index (χ2v) is 10.7. The number of thioether (sulfide) groups is 2. The van der Waals surface area contributed by atoms with Gasteiger partial charge >= 0.3 is 5.97 Å². The molecule has 0 saturated carbocycles. The first-order valence-electron chi connectivity index (χ1n) is 11.2. The van der Waals surface area contributed by atoms with Crippen LogP contribution in [-0.2, 0) is 25.7 Å². The molecule has 10 nitrogen and oxygen atoms in total. The van der Waals surface area contributed by atoms with E-state index in [2.05, 4.69) is 5.32 Å². The number of nitrogens with zero attached hydrogens (tertiary/aromatic N) is 2. The zero-order valence-electron chi connectivity index (χ0n) is 19.5. The SMILES string of the molecule is CSCC1(C(=O)OCc2ccc([N+](=O)[O-])cc2)CS[C@@H]2C(NC(=O)C(N)c3ccccc3)C(=O)N2C1. The molecule has 2 aliphatic rings. The van der Waals surface area contributed by atoms with Crippen LogP contribution in [0.1, 0.15) is 17.2 Å². The minimum atomic E-state index is -0.896. The summed E-state index contributed by atoms with van der Waals surface area (Å²) >= 11 is 2.93. The number of carbonyl (C=O) groups is 3. The smallest absolute Gasteiger partial charge is 0.315 e. The van der Waals surface area contributed by atoms with Crippen LogP contribution in [0.4, 0.5) is 5.69 Å². The van der Waals surface area contributed by atoms with Gasteiger partial charge in [-0.2, -0.15) is 11.8 Å². The van der Waals surface area contributed by atoms with Crippen molar-refractivity contribution in [2.24, 2.45) is 11.1 Å². The molecule has 190 valence electrons. The summed E-state index contributed by atoms with van der Waals surface area (Å²) in [7, 11) is 0. The van der Waals surface area contributed by atoms with Gasteiger partial charge in [0.05, 0.1) is 4.92 Å². The Morgan fingerprint density at radius 2 is 1.97 bits per heavy atom. The number of nitro benzene ring substituents is 1. The van der Waals surface area contributed by atoms with Gasteiger partial charge in [-0.15, -0.1) is 11.8 Å².